The van der Waals surface area contributed by atoms with E-state index in [1.165, 1.54) is 43.5 Å². The first-order chi connectivity index (χ1) is 14.0. The highest BCUT2D eigenvalue weighted by atomic mass is 19.1. The van der Waals surface area contributed by atoms with Gasteiger partial charge in [-0.05, 0) is 43.0 Å². The van der Waals surface area contributed by atoms with E-state index in [0.717, 1.165) is 12.8 Å². The van der Waals surface area contributed by atoms with Crippen LogP contribution in [0.15, 0.2) is 24.3 Å². The second kappa shape index (κ2) is 8.39. The van der Waals surface area contributed by atoms with Gasteiger partial charge in [0.1, 0.15) is 17.9 Å². The monoisotopic (exact) mass is 402 g/mol. The zero-order valence-corrected chi connectivity index (χ0v) is 16.3. The van der Waals surface area contributed by atoms with Crippen molar-refractivity contribution in [2.24, 2.45) is 5.92 Å². The molecule has 3 fully saturated rings. The normalized spacial score (nSPS) is 27.3. The topological polar surface area (TPSA) is 90.5 Å². The zero-order valence-electron chi connectivity index (χ0n) is 16.3. The predicted molar refractivity (Wildman–Crippen MR) is 106 cm³/mol. The first kappa shape index (κ1) is 19.7. The van der Waals surface area contributed by atoms with Crippen LogP contribution in [0.5, 0.6) is 0 Å². The van der Waals surface area contributed by atoms with Crippen LogP contribution in [-0.2, 0) is 9.59 Å². The second-order valence-corrected chi connectivity index (χ2v) is 8.35. The van der Waals surface area contributed by atoms with Gasteiger partial charge >= 0.3 is 6.03 Å². The van der Waals surface area contributed by atoms with Crippen molar-refractivity contribution in [2.75, 3.05) is 11.9 Å². The summed E-state index contributed by atoms with van der Waals surface area (Å²) in [5.74, 6) is -0.0550. The van der Waals surface area contributed by atoms with Gasteiger partial charge in [-0.1, -0.05) is 32.1 Å². The van der Waals surface area contributed by atoms with Crippen LogP contribution in [0, 0.1) is 11.7 Å². The number of nitrogens with one attached hydrogen (secondary N) is 3. The molecule has 0 aromatic heterocycles. The zero-order chi connectivity index (χ0) is 20.4. The van der Waals surface area contributed by atoms with E-state index in [0.29, 0.717) is 31.0 Å². The number of hydrogen-bond donors (Lipinski definition) is 3. The average Bonchev–Trinajstić information content (AvgIpc) is 3.13. The maximum absolute atomic E-state index is 13.0. The molecule has 4 amide bonds. The Bertz CT molecular complexity index is 779. The first-order valence-electron chi connectivity index (χ1n) is 10.4. The standard InChI is InChI=1S/C21H27FN4O3/c22-14-6-8-15(9-7-14)23-21(29)24-16-11-18-19(27)25-17(20(28)26(18)12-16)10-13-4-2-1-3-5-13/h6-9,13,16-18H,1-5,10-12H2,(H,25,27)(H2,23,24,29)/t16-,17-,18-/m0/s1. The van der Waals surface area contributed by atoms with Gasteiger partial charge in [-0.25, -0.2) is 9.18 Å². The van der Waals surface area contributed by atoms with Crippen molar-refractivity contribution in [1.29, 1.82) is 0 Å². The van der Waals surface area contributed by atoms with Crippen LogP contribution in [0.2, 0.25) is 0 Å². The van der Waals surface area contributed by atoms with Crippen LogP contribution in [0.4, 0.5) is 14.9 Å². The van der Waals surface area contributed by atoms with Gasteiger partial charge in [0.15, 0.2) is 0 Å². The molecule has 2 aliphatic heterocycles. The fourth-order valence-corrected chi connectivity index (χ4v) is 4.76. The maximum atomic E-state index is 13.0. The summed E-state index contributed by atoms with van der Waals surface area (Å²) in [4.78, 5) is 39.3. The number of urea groups is 1. The third-order valence-electron chi connectivity index (χ3n) is 6.23. The van der Waals surface area contributed by atoms with Gasteiger partial charge < -0.3 is 20.9 Å². The Hall–Kier alpha value is -2.64. The summed E-state index contributed by atoms with van der Waals surface area (Å²) < 4.78 is 13.0. The van der Waals surface area contributed by atoms with Gasteiger partial charge in [0.25, 0.3) is 0 Å². The molecule has 1 aromatic rings. The number of halogens is 1. The minimum Gasteiger partial charge on any atom is -0.342 e. The fourth-order valence-electron chi connectivity index (χ4n) is 4.76. The Labute approximate surface area is 169 Å². The number of carbonyl (C=O) groups is 3. The number of piperazine rings is 1. The molecule has 2 saturated heterocycles. The Morgan fingerprint density at radius 2 is 1.86 bits per heavy atom. The number of nitrogens with zero attached hydrogens (tertiary/aromatic N) is 1. The lowest BCUT2D eigenvalue weighted by Gasteiger charge is -2.36. The van der Waals surface area contributed by atoms with Gasteiger partial charge in [-0.2, -0.15) is 0 Å². The number of anilines is 1. The number of fused-ring (bicyclic) bond motifs is 1. The number of rotatable bonds is 4. The SMILES string of the molecule is O=C(Nc1ccc(F)cc1)N[C@H]1C[C@H]2C(=O)N[C@@H](CC3CCCCC3)C(=O)N2C1. The molecule has 4 rings (SSSR count). The molecule has 8 heteroatoms. The van der Waals surface area contributed by atoms with E-state index in [2.05, 4.69) is 16.0 Å². The Balaban J connectivity index is 1.33. The first-order valence-corrected chi connectivity index (χ1v) is 10.4. The van der Waals surface area contributed by atoms with Crippen molar-refractivity contribution in [2.45, 2.75) is 63.1 Å². The molecule has 1 saturated carbocycles. The van der Waals surface area contributed by atoms with Crippen molar-refractivity contribution in [1.82, 2.24) is 15.5 Å². The highest BCUT2D eigenvalue weighted by Gasteiger charge is 2.47. The quantitative estimate of drug-likeness (QED) is 0.722. The molecule has 3 N–H and O–H groups in total. The summed E-state index contributed by atoms with van der Waals surface area (Å²) in [6.07, 6.45) is 6.99. The van der Waals surface area contributed by atoms with Crippen LogP contribution in [0.3, 0.4) is 0 Å². The van der Waals surface area contributed by atoms with Crippen molar-refractivity contribution < 1.29 is 18.8 Å². The van der Waals surface area contributed by atoms with E-state index in [-0.39, 0.29) is 23.7 Å². The van der Waals surface area contributed by atoms with E-state index < -0.39 is 18.1 Å². The lowest BCUT2D eigenvalue weighted by molar-refractivity contribution is -0.147. The summed E-state index contributed by atoms with van der Waals surface area (Å²) in [7, 11) is 0. The summed E-state index contributed by atoms with van der Waals surface area (Å²) in [6, 6.07) is 3.76. The Kier molecular flexibility index (Phi) is 5.69. The predicted octanol–water partition coefficient (Wildman–Crippen LogP) is 2.39. The highest BCUT2D eigenvalue weighted by molar-refractivity contribution is 5.98. The summed E-state index contributed by atoms with van der Waals surface area (Å²) in [6.45, 7) is 0.328. The van der Waals surface area contributed by atoms with Crippen molar-refractivity contribution in [3.8, 4) is 0 Å². The number of carbonyl (C=O) groups excluding carboxylic acids is 3. The molecule has 2 heterocycles. The molecule has 3 aliphatic rings. The summed E-state index contributed by atoms with van der Waals surface area (Å²) in [5, 5.41) is 8.37. The minimum atomic E-state index is -0.527. The van der Waals surface area contributed by atoms with Gasteiger partial charge in [-0.3, -0.25) is 9.59 Å². The number of amides is 4. The molecule has 0 bridgehead atoms. The fraction of sp³-hybridized carbons (Fsp3) is 0.571. The van der Waals surface area contributed by atoms with Crippen molar-refractivity contribution >= 4 is 23.5 Å². The lowest BCUT2D eigenvalue weighted by atomic mass is 9.84. The second-order valence-electron chi connectivity index (χ2n) is 8.35. The van der Waals surface area contributed by atoms with Gasteiger partial charge in [0.05, 0.1) is 6.04 Å². The lowest BCUT2D eigenvalue weighted by Crippen LogP contribution is -2.61. The van der Waals surface area contributed by atoms with Crippen LogP contribution in [-0.4, -0.2) is 47.4 Å². The molecule has 29 heavy (non-hydrogen) atoms. The Morgan fingerprint density at radius 1 is 1.14 bits per heavy atom. The van der Waals surface area contributed by atoms with E-state index >= 15 is 0 Å². The molecule has 1 aliphatic carbocycles. The van der Waals surface area contributed by atoms with Gasteiger partial charge in [-0.15, -0.1) is 0 Å². The number of hydrogen-bond acceptors (Lipinski definition) is 3. The van der Waals surface area contributed by atoms with Crippen LogP contribution in [0.25, 0.3) is 0 Å². The maximum Gasteiger partial charge on any atom is 0.319 e. The Morgan fingerprint density at radius 3 is 2.59 bits per heavy atom. The van der Waals surface area contributed by atoms with Crippen LogP contribution >= 0.6 is 0 Å². The number of benzene rings is 1. The molecule has 0 spiro atoms. The minimum absolute atomic E-state index is 0.0385. The third kappa shape index (κ3) is 4.52. The van der Waals surface area contributed by atoms with Gasteiger partial charge in [0.2, 0.25) is 11.8 Å². The molecule has 156 valence electrons. The molecular weight excluding hydrogens is 375 g/mol. The smallest absolute Gasteiger partial charge is 0.319 e. The van der Waals surface area contributed by atoms with E-state index in [1.807, 2.05) is 0 Å². The average molecular weight is 402 g/mol. The molecule has 7 nitrogen and oxygen atoms in total. The van der Waals surface area contributed by atoms with E-state index in [1.54, 1.807) is 4.90 Å². The molecule has 0 radical (unpaired) electrons. The van der Waals surface area contributed by atoms with E-state index in [4.69, 9.17) is 0 Å². The summed E-state index contributed by atoms with van der Waals surface area (Å²) >= 11 is 0. The molecular formula is C21H27FN4O3. The largest absolute Gasteiger partial charge is 0.342 e. The molecule has 3 atom stereocenters. The van der Waals surface area contributed by atoms with E-state index in [9.17, 15) is 18.8 Å². The highest BCUT2D eigenvalue weighted by Crippen LogP contribution is 2.30. The molecule has 1 aromatic carbocycles. The summed E-state index contributed by atoms with van der Waals surface area (Å²) in [5.41, 5.74) is 0.473. The third-order valence-corrected chi connectivity index (χ3v) is 6.23. The van der Waals surface area contributed by atoms with Gasteiger partial charge in [0, 0.05) is 12.2 Å². The van der Waals surface area contributed by atoms with Crippen molar-refractivity contribution in [3.63, 3.8) is 0 Å². The molecule has 0 unspecified atom stereocenters. The van der Waals surface area contributed by atoms with Crippen LogP contribution < -0.4 is 16.0 Å². The van der Waals surface area contributed by atoms with Crippen LogP contribution in [0.1, 0.15) is 44.9 Å². The van der Waals surface area contributed by atoms with Crippen molar-refractivity contribution in [3.05, 3.63) is 30.1 Å².